The number of rotatable bonds is 5. The van der Waals surface area contributed by atoms with Crippen LogP contribution >= 0.6 is 0 Å². The van der Waals surface area contributed by atoms with Crippen molar-refractivity contribution in [3.63, 3.8) is 0 Å². The molecule has 1 rings (SSSR count). The van der Waals surface area contributed by atoms with E-state index in [1.165, 1.54) is 0 Å². The van der Waals surface area contributed by atoms with Gasteiger partial charge < -0.3 is 4.74 Å². The Kier molecular flexibility index (Phi) is 4.88. The maximum Gasteiger partial charge on any atom is 0.313 e. The molecule has 0 radical (unpaired) electrons. The normalized spacial score (nSPS) is 10.4. The summed E-state index contributed by atoms with van der Waals surface area (Å²) in [6, 6.07) is 7.35. The van der Waals surface area contributed by atoms with Crippen LogP contribution < -0.4 is 0 Å². The number of ketones is 1. The molecule has 1 aromatic carbocycles. The largest absolute Gasteiger partial charge is 0.463 e. The topological polar surface area (TPSA) is 43.4 Å². The summed E-state index contributed by atoms with van der Waals surface area (Å²) in [6.07, 6.45) is 0.410. The molecule has 0 bridgehead atoms. The Morgan fingerprint density at radius 1 is 1.24 bits per heavy atom. The van der Waals surface area contributed by atoms with Crippen molar-refractivity contribution in [3.8, 4) is 0 Å². The highest BCUT2D eigenvalue weighted by atomic mass is 16.5. The quantitative estimate of drug-likeness (QED) is 0.447. The lowest BCUT2D eigenvalue weighted by Crippen LogP contribution is -2.16. The molecule has 0 saturated heterocycles. The summed E-state index contributed by atoms with van der Waals surface area (Å²) in [6.45, 7) is 5.52. The van der Waals surface area contributed by atoms with Crippen LogP contribution in [0, 0.1) is 0 Å². The Morgan fingerprint density at radius 2 is 1.88 bits per heavy atom. The van der Waals surface area contributed by atoms with E-state index in [2.05, 4.69) is 0 Å². The lowest BCUT2D eigenvalue weighted by molar-refractivity contribution is -0.146. The van der Waals surface area contributed by atoms with Crippen LogP contribution in [0.15, 0.2) is 24.3 Å². The van der Waals surface area contributed by atoms with E-state index in [-0.39, 0.29) is 18.3 Å². The molecule has 0 aliphatic rings. The van der Waals surface area contributed by atoms with Gasteiger partial charge in [0, 0.05) is 5.56 Å². The third-order valence-electron chi connectivity index (χ3n) is 2.37. The number of Topliss-reactive ketones (excluding diaryl/α,β-unsaturated/α-hetero) is 1. The van der Waals surface area contributed by atoms with Gasteiger partial charge in [0.2, 0.25) is 0 Å². The first-order chi connectivity index (χ1) is 8.04. The molecule has 0 spiro atoms. The SMILES string of the molecule is CCc1ccccc1C(=O)CC(=O)OC(C)C. The molecule has 0 fully saturated rings. The minimum atomic E-state index is -0.462. The number of ether oxygens (including phenoxy) is 1. The van der Waals surface area contributed by atoms with Gasteiger partial charge in [-0.3, -0.25) is 9.59 Å². The molecule has 0 atom stereocenters. The monoisotopic (exact) mass is 234 g/mol. The number of aryl methyl sites for hydroxylation is 1. The van der Waals surface area contributed by atoms with Crippen LogP contribution in [0.5, 0.6) is 0 Å². The van der Waals surface area contributed by atoms with Crippen molar-refractivity contribution in [1.82, 2.24) is 0 Å². The Labute approximate surface area is 102 Å². The smallest absolute Gasteiger partial charge is 0.313 e. The number of esters is 1. The maximum absolute atomic E-state index is 11.9. The second kappa shape index (κ2) is 6.18. The van der Waals surface area contributed by atoms with E-state index in [0.29, 0.717) is 5.56 Å². The van der Waals surface area contributed by atoms with Gasteiger partial charge in [-0.1, -0.05) is 31.2 Å². The van der Waals surface area contributed by atoms with E-state index in [0.717, 1.165) is 12.0 Å². The van der Waals surface area contributed by atoms with Gasteiger partial charge in [0.25, 0.3) is 0 Å². The van der Waals surface area contributed by atoms with Crippen molar-refractivity contribution in [1.29, 1.82) is 0 Å². The zero-order valence-corrected chi connectivity index (χ0v) is 10.5. The van der Waals surface area contributed by atoms with Crippen LogP contribution in [-0.4, -0.2) is 17.9 Å². The lowest BCUT2D eigenvalue weighted by atomic mass is 10.00. The fourth-order valence-electron chi connectivity index (χ4n) is 1.63. The van der Waals surface area contributed by atoms with Crippen LogP contribution in [-0.2, 0) is 16.0 Å². The van der Waals surface area contributed by atoms with Gasteiger partial charge >= 0.3 is 5.97 Å². The average molecular weight is 234 g/mol. The molecular formula is C14H18O3. The molecule has 0 amide bonds. The van der Waals surface area contributed by atoms with E-state index in [9.17, 15) is 9.59 Å². The van der Waals surface area contributed by atoms with Crippen molar-refractivity contribution in [3.05, 3.63) is 35.4 Å². The second-order valence-electron chi connectivity index (χ2n) is 4.15. The highest BCUT2D eigenvalue weighted by Crippen LogP contribution is 2.12. The zero-order chi connectivity index (χ0) is 12.8. The molecule has 17 heavy (non-hydrogen) atoms. The molecule has 0 aliphatic heterocycles. The van der Waals surface area contributed by atoms with E-state index in [4.69, 9.17) is 4.74 Å². The molecule has 92 valence electrons. The molecule has 0 unspecified atom stereocenters. The highest BCUT2D eigenvalue weighted by molar-refractivity contribution is 6.06. The zero-order valence-electron chi connectivity index (χ0n) is 10.5. The summed E-state index contributed by atoms with van der Waals surface area (Å²) in [5, 5.41) is 0. The minimum absolute atomic E-state index is 0.173. The number of benzene rings is 1. The van der Waals surface area contributed by atoms with Crippen LogP contribution in [0.1, 0.15) is 43.1 Å². The third kappa shape index (κ3) is 4.02. The molecule has 0 N–H and O–H groups in total. The molecular weight excluding hydrogens is 216 g/mol. The number of hydrogen-bond donors (Lipinski definition) is 0. The van der Waals surface area contributed by atoms with Crippen LogP contribution in [0.4, 0.5) is 0 Å². The lowest BCUT2D eigenvalue weighted by Gasteiger charge is -2.09. The van der Waals surface area contributed by atoms with E-state index < -0.39 is 5.97 Å². The predicted octanol–water partition coefficient (Wildman–Crippen LogP) is 2.77. The van der Waals surface area contributed by atoms with Gasteiger partial charge in [0.1, 0.15) is 6.42 Å². The Hall–Kier alpha value is -1.64. The fraction of sp³-hybridized carbons (Fsp3) is 0.429. The van der Waals surface area contributed by atoms with Gasteiger partial charge in [-0.05, 0) is 25.8 Å². The van der Waals surface area contributed by atoms with Gasteiger partial charge in [-0.15, -0.1) is 0 Å². The van der Waals surface area contributed by atoms with Gasteiger partial charge in [0.05, 0.1) is 6.10 Å². The molecule has 0 aromatic heterocycles. The highest BCUT2D eigenvalue weighted by Gasteiger charge is 2.15. The summed E-state index contributed by atoms with van der Waals surface area (Å²) in [4.78, 5) is 23.3. The summed E-state index contributed by atoms with van der Waals surface area (Å²) in [7, 11) is 0. The first kappa shape index (κ1) is 13.4. The first-order valence-corrected chi connectivity index (χ1v) is 5.85. The summed E-state index contributed by atoms with van der Waals surface area (Å²) < 4.78 is 4.96. The summed E-state index contributed by atoms with van der Waals surface area (Å²) in [5.74, 6) is -0.635. The van der Waals surface area contributed by atoms with Gasteiger partial charge in [0.15, 0.2) is 5.78 Å². The predicted molar refractivity (Wildman–Crippen MR) is 66.0 cm³/mol. The van der Waals surface area contributed by atoms with Crippen molar-refractivity contribution >= 4 is 11.8 Å². The fourth-order valence-corrected chi connectivity index (χ4v) is 1.63. The Morgan fingerprint density at radius 3 is 2.47 bits per heavy atom. The van der Waals surface area contributed by atoms with E-state index in [1.807, 2.05) is 19.1 Å². The van der Waals surface area contributed by atoms with Crippen LogP contribution in [0.3, 0.4) is 0 Å². The second-order valence-corrected chi connectivity index (χ2v) is 4.15. The molecule has 0 heterocycles. The van der Waals surface area contributed by atoms with Crippen molar-refractivity contribution in [2.45, 2.75) is 39.7 Å². The van der Waals surface area contributed by atoms with Gasteiger partial charge in [-0.25, -0.2) is 0 Å². The molecule has 1 aromatic rings. The maximum atomic E-state index is 11.9. The van der Waals surface area contributed by atoms with Gasteiger partial charge in [-0.2, -0.15) is 0 Å². The van der Waals surface area contributed by atoms with Crippen molar-refractivity contribution in [2.24, 2.45) is 0 Å². The molecule has 3 nitrogen and oxygen atoms in total. The summed E-state index contributed by atoms with van der Waals surface area (Å²) in [5.41, 5.74) is 1.59. The molecule has 3 heteroatoms. The average Bonchev–Trinajstić information content (AvgIpc) is 2.27. The third-order valence-corrected chi connectivity index (χ3v) is 2.37. The standard InChI is InChI=1S/C14H18O3/c1-4-11-7-5-6-8-12(11)13(15)9-14(16)17-10(2)3/h5-8,10H,4,9H2,1-3H3. The summed E-state index contributed by atoms with van der Waals surface area (Å²) >= 11 is 0. The van der Waals surface area contributed by atoms with Crippen LogP contribution in [0.2, 0.25) is 0 Å². The van der Waals surface area contributed by atoms with E-state index >= 15 is 0 Å². The first-order valence-electron chi connectivity index (χ1n) is 5.85. The van der Waals surface area contributed by atoms with Crippen LogP contribution in [0.25, 0.3) is 0 Å². The Bertz CT molecular complexity index is 408. The number of hydrogen-bond acceptors (Lipinski definition) is 3. The number of carbonyl (C=O) groups is 2. The van der Waals surface area contributed by atoms with Crippen molar-refractivity contribution < 1.29 is 14.3 Å². The Balaban J connectivity index is 2.73. The molecule has 0 aliphatic carbocycles. The van der Waals surface area contributed by atoms with E-state index in [1.54, 1.807) is 26.0 Å². The molecule has 0 saturated carbocycles. The van der Waals surface area contributed by atoms with Crippen molar-refractivity contribution in [2.75, 3.05) is 0 Å². The number of carbonyl (C=O) groups excluding carboxylic acids is 2. The minimum Gasteiger partial charge on any atom is -0.463 e.